The summed E-state index contributed by atoms with van der Waals surface area (Å²) in [7, 11) is 0. The monoisotopic (exact) mass is 432 g/mol. The van der Waals surface area contributed by atoms with Crippen LogP contribution in [0.25, 0.3) is 11.0 Å². The van der Waals surface area contributed by atoms with E-state index in [1.54, 1.807) is 18.3 Å². The number of fused-ring (bicyclic) bond motifs is 1. The van der Waals surface area contributed by atoms with Crippen LogP contribution in [0.1, 0.15) is 41.6 Å². The molecule has 2 aromatic heterocycles. The van der Waals surface area contributed by atoms with E-state index < -0.39 is 5.91 Å². The Bertz CT molecular complexity index is 1150. The highest BCUT2D eigenvalue weighted by atomic mass is 16.6. The van der Waals surface area contributed by atoms with Crippen molar-refractivity contribution in [3.63, 3.8) is 0 Å². The summed E-state index contributed by atoms with van der Waals surface area (Å²) in [5.74, 6) is -0.345. The minimum absolute atomic E-state index is 0.0466. The predicted molar refractivity (Wildman–Crippen MR) is 117 cm³/mol. The number of alkyl carbamates (subject to hydrolysis) is 1. The van der Waals surface area contributed by atoms with Crippen LogP contribution in [0.15, 0.2) is 54.7 Å². The van der Waals surface area contributed by atoms with Crippen LogP contribution in [0.5, 0.6) is 5.88 Å². The molecule has 164 valence electrons. The van der Waals surface area contributed by atoms with Crippen molar-refractivity contribution >= 4 is 23.0 Å². The van der Waals surface area contributed by atoms with Gasteiger partial charge < -0.3 is 20.5 Å². The van der Waals surface area contributed by atoms with E-state index in [1.165, 1.54) is 0 Å². The summed E-state index contributed by atoms with van der Waals surface area (Å²) in [6.07, 6.45) is 4.44. The molecule has 1 spiro atoms. The fourth-order valence-electron chi connectivity index (χ4n) is 4.69. The maximum atomic E-state index is 12.0. The molecule has 0 unspecified atom stereocenters. The average molecular weight is 432 g/mol. The van der Waals surface area contributed by atoms with Gasteiger partial charge in [-0.3, -0.25) is 4.79 Å². The molecular formula is C24H24N4O4. The molecule has 2 fully saturated rings. The Balaban J connectivity index is 1.11. The van der Waals surface area contributed by atoms with E-state index in [-0.39, 0.29) is 35.2 Å². The second-order valence-corrected chi connectivity index (χ2v) is 8.68. The van der Waals surface area contributed by atoms with Crippen molar-refractivity contribution in [2.75, 3.05) is 0 Å². The number of carbonyl (C=O) groups excluding carboxylic acids is 2. The van der Waals surface area contributed by atoms with E-state index in [0.717, 1.165) is 36.6 Å². The second-order valence-electron chi connectivity index (χ2n) is 8.68. The number of benzene rings is 1. The van der Waals surface area contributed by atoms with Crippen molar-refractivity contribution in [3.8, 4) is 5.88 Å². The molecule has 2 heterocycles. The van der Waals surface area contributed by atoms with Crippen LogP contribution in [0.2, 0.25) is 0 Å². The lowest BCUT2D eigenvalue weighted by Gasteiger charge is -2.56. The number of carbonyl (C=O) groups is 2. The van der Waals surface area contributed by atoms with Gasteiger partial charge in [0.1, 0.15) is 17.8 Å². The Labute approximate surface area is 185 Å². The molecule has 0 radical (unpaired) electrons. The molecule has 8 nitrogen and oxygen atoms in total. The number of primary amides is 1. The smallest absolute Gasteiger partial charge is 0.407 e. The number of nitrogens with zero attached hydrogens (tertiary/aromatic N) is 2. The normalized spacial score (nSPS) is 23.8. The van der Waals surface area contributed by atoms with Crippen LogP contribution in [0.3, 0.4) is 0 Å². The Morgan fingerprint density at radius 1 is 1.06 bits per heavy atom. The number of aromatic nitrogens is 2. The maximum Gasteiger partial charge on any atom is 0.407 e. The lowest BCUT2D eigenvalue weighted by Crippen LogP contribution is -2.55. The van der Waals surface area contributed by atoms with Gasteiger partial charge in [0.15, 0.2) is 5.65 Å². The van der Waals surface area contributed by atoms with Crippen LogP contribution < -0.4 is 15.8 Å². The average Bonchev–Trinajstić information content (AvgIpc) is 2.74. The largest absolute Gasteiger partial charge is 0.474 e. The van der Waals surface area contributed by atoms with Crippen LogP contribution in [-0.2, 0) is 11.3 Å². The first-order valence-corrected chi connectivity index (χ1v) is 10.7. The fraction of sp³-hybridized carbons (Fsp3) is 0.333. The third-order valence-corrected chi connectivity index (χ3v) is 6.29. The Morgan fingerprint density at radius 2 is 1.81 bits per heavy atom. The number of hydrogen-bond acceptors (Lipinski definition) is 6. The molecule has 2 aliphatic carbocycles. The first kappa shape index (κ1) is 20.2. The van der Waals surface area contributed by atoms with Crippen molar-refractivity contribution in [1.29, 1.82) is 0 Å². The summed E-state index contributed by atoms with van der Waals surface area (Å²) in [4.78, 5) is 32.5. The summed E-state index contributed by atoms with van der Waals surface area (Å²) in [6, 6.07) is 15.0. The lowest BCUT2D eigenvalue weighted by molar-refractivity contribution is -0.133. The van der Waals surface area contributed by atoms with Gasteiger partial charge in [0.25, 0.3) is 5.91 Å². The summed E-state index contributed by atoms with van der Waals surface area (Å²) < 4.78 is 11.5. The molecule has 5 rings (SSSR count). The predicted octanol–water partition coefficient (Wildman–Crippen LogP) is 3.35. The molecular weight excluding hydrogens is 408 g/mol. The molecule has 3 N–H and O–H groups in total. The van der Waals surface area contributed by atoms with E-state index in [0.29, 0.717) is 12.2 Å². The van der Waals surface area contributed by atoms with Gasteiger partial charge >= 0.3 is 6.09 Å². The topological polar surface area (TPSA) is 116 Å². The van der Waals surface area contributed by atoms with Gasteiger partial charge in [0.2, 0.25) is 5.88 Å². The zero-order valence-electron chi connectivity index (χ0n) is 17.5. The summed E-state index contributed by atoms with van der Waals surface area (Å²) in [5.41, 5.74) is 7.46. The molecule has 0 atom stereocenters. The zero-order valence-corrected chi connectivity index (χ0v) is 17.5. The Kier molecular flexibility index (Phi) is 5.13. The molecule has 2 aliphatic rings. The van der Waals surface area contributed by atoms with Crippen LogP contribution in [-0.4, -0.2) is 34.2 Å². The number of amides is 2. The molecule has 2 saturated carbocycles. The van der Waals surface area contributed by atoms with E-state index in [1.807, 2.05) is 36.4 Å². The van der Waals surface area contributed by atoms with Crippen LogP contribution in [0, 0.1) is 5.41 Å². The van der Waals surface area contributed by atoms with Crippen LogP contribution >= 0.6 is 0 Å². The molecule has 0 aliphatic heterocycles. The first-order chi connectivity index (χ1) is 15.5. The van der Waals surface area contributed by atoms with Crippen molar-refractivity contribution in [2.45, 2.75) is 44.4 Å². The molecule has 1 aromatic carbocycles. The molecule has 3 aromatic rings. The Morgan fingerprint density at radius 3 is 2.56 bits per heavy atom. The number of pyridine rings is 2. The van der Waals surface area contributed by atoms with E-state index in [9.17, 15) is 9.59 Å². The van der Waals surface area contributed by atoms with Gasteiger partial charge in [-0.15, -0.1) is 0 Å². The maximum absolute atomic E-state index is 12.0. The molecule has 8 heteroatoms. The van der Waals surface area contributed by atoms with Crippen molar-refractivity contribution in [3.05, 3.63) is 65.9 Å². The fourth-order valence-corrected chi connectivity index (χ4v) is 4.69. The minimum atomic E-state index is -0.578. The first-order valence-electron chi connectivity index (χ1n) is 10.7. The summed E-state index contributed by atoms with van der Waals surface area (Å²) in [6.45, 7) is 0.448. The number of ether oxygens (including phenoxy) is 2. The zero-order chi connectivity index (χ0) is 22.1. The summed E-state index contributed by atoms with van der Waals surface area (Å²) >= 11 is 0. The highest BCUT2D eigenvalue weighted by Gasteiger charge is 2.55. The van der Waals surface area contributed by atoms with Gasteiger partial charge in [-0.25, -0.2) is 9.78 Å². The third-order valence-electron chi connectivity index (χ3n) is 6.29. The number of nitrogens with one attached hydrogen (secondary N) is 1. The minimum Gasteiger partial charge on any atom is -0.474 e. The molecule has 2 amide bonds. The quantitative estimate of drug-likeness (QED) is 0.617. The number of rotatable bonds is 6. The van der Waals surface area contributed by atoms with Gasteiger partial charge in [-0.05, 0) is 54.9 Å². The van der Waals surface area contributed by atoms with E-state index >= 15 is 0 Å². The van der Waals surface area contributed by atoms with Crippen molar-refractivity contribution in [1.82, 2.24) is 15.3 Å². The highest BCUT2D eigenvalue weighted by Crippen LogP contribution is 2.57. The van der Waals surface area contributed by atoms with Gasteiger partial charge in [-0.2, -0.15) is 4.98 Å². The molecule has 0 saturated heterocycles. The van der Waals surface area contributed by atoms with Crippen molar-refractivity contribution < 1.29 is 19.1 Å². The van der Waals surface area contributed by atoms with Crippen molar-refractivity contribution in [2.24, 2.45) is 11.1 Å². The standard InChI is InChI=1S/C24H24N4O4/c25-20(29)19-9-16-7-4-8-26-21(16)28-22(19)31-17-10-24(11-17)12-18(13-24)32-23(30)27-14-15-5-2-1-3-6-15/h1-9,17-18H,10-14H2,(H2,25,29)(H,27,30). The van der Waals surface area contributed by atoms with E-state index in [2.05, 4.69) is 15.3 Å². The molecule has 32 heavy (non-hydrogen) atoms. The molecule has 0 bridgehead atoms. The van der Waals surface area contributed by atoms with Gasteiger partial charge in [0.05, 0.1) is 0 Å². The number of hydrogen-bond donors (Lipinski definition) is 2. The second kappa shape index (κ2) is 8.11. The van der Waals surface area contributed by atoms with E-state index in [4.69, 9.17) is 15.2 Å². The third kappa shape index (κ3) is 4.08. The lowest BCUT2D eigenvalue weighted by atomic mass is 9.53. The van der Waals surface area contributed by atoms with Gasteiger partial charge in [-0.1, -0.05) is 30.3 Å². The number of nitrogens with two attached hydrogens (primary N) is 1. The highest BCUT2D eigenvalue weighted by molar-refractivity contribution is 5.98. The van der Waals surface area contributed by atoms with Gasteiger partial charge in [0, 0.05) is 18.1 Å². The SMILES string of the molecule is NC(=O)c1cc2cccnc2nc1OC1CC2(CC(OC(=O)NCc3ccccc3)C2)C1. The van der Waals surface area contributed by atoms with Crippen LogP contribution in [0.4, 0.5) is 4.79 Å². The summed E-state index contributed by atoms with van der Waals surface area (Å²) in [5, 5.41) is 3.53. The Hall–Kier alpha value is -3.68.